The molecule has 2 rings (SSSR count). The van der Waals surface area contributed by atoms with Gasteiger partial charge in [-0.3, -0.25) is 4.21 Å². The third-order valence-corrected chi connectivity index (χ3v) is 5.19. The van der Waals surface area contributed by atoms with Gasteiger partial charge in [0.2, 0.25) is 0 Å². The first-order valence-electron chi connectivity index (χ1n) is 6.82. The lowest BCUT2D eigenvalue weighted by Gasteiger charge is -2.30. The largest absolute Gasteiger partial charge is 0.396 e. The van der Waals surface area contributed by atoms with Crippen LogP contribution in [0.1, 0.15) is 31.7 Å². The summed E-state index contributed by atoms with van der Waals surface area (Å²) in [4.78, 5) is 0.866. The van der Waals surface area contributed by atoms with Crippen LogP contribution in [0.5, 0.6) is 0 Å². The second kappa shape index (κ2) is 6.16. The van der Waals surface area contributed by atoms with Crippen molar-refractivity contribution in [1.29, 1.82) is 0 Å². The molecule has 3 unspecified atom stereocenters. The van der Waals surface area contributed by atoms with E-state index in [4.69, 9.17) is 0 Å². The third kappa shape index (κ3) is 3.44. The van der Waals surface area contributed by atoms with E-state index < -0.39 is 10.8 Å². The minimum Gasteiger partial charge on any atom is -0.396 e. The predicted octanol–water partition coefficient (Wildman–Crippen LogP) is 2.06. The zero-order valence-corrected chi connectivity index (χ0v) is 12.5. The summed E-state index contributed by atoms with van der Waals surface area (Å²) in [7, 11) is -0.911. The zero-order valence-electron chi connectivity index (χ0n) is 11.7. The Morgan fingerprint density at radius 2 is 2.11 bits per heavy atom. The van der Waals surface area contributed by atoms with Gasteiger partial charge in [-0.1, -0.05) is 25.5 Å². The number of aliphatic hydroxyl groups is 1. The molecular formula is C15H23NO2S. The van der Waals surface area contributed by atoms with Gasteiger partial charge >= 0.3 is 0 Å². The molecule has 0 aromatic heterocycles. The molecular weight excluding hydrogens is 258 g/mol. The smallest absolute Gasteiger partial charge is 0.0499 e. The minimum atomic E-state index is -0.911. The number of benzene rings is 1. The Hall–Kier alpha value is -0.710. The number of hydrogen-bond acceptors (Lipinski definition) is 3. The van der Waals surface area contributed by atoms with Crippen molar-refractivity contribution in [1.82, 2.24) is 5.32 Å². The van der Waals surface area contributed by atoms with Gasteiger partial charge in [0.1, 0.15) is 0 Å². The maximum absolute atomic E-state index is 11.3. The maximum Gasteiger partial charge on any atom is 0.0499 e. The summed E-state index contributed by atoms with van der Waals surface area (Å²) in [5, 5.41) is 13.1. The molecule has 3 atom stereocenters. The summed E-state index contributed by atoms with van der Waals surface area (Å²) in [6.45, 7) is 3.20. The Balaban J connectivity index is 1.93. The molecule has 1 fully saturated rings. The van der Waals surface area contributed by atoms with Gasteiger partial charge in [0.25, 0.3) is 0 Å². The molecule has 0 spiro atoms. The van der Waals surface area contributed by atoms with Crippen molar-refractivity contribution in [2.75, 3.05) is 12.9 Å². The van der Waals surface area contributed by atoms with Crippen molar-refractivity contribution in [2.24, 2.45) is 5.41 Å². The molecule has 0 aliphatic heterocycles. The Kier molecular flexibility index (Phi) is 4.76. The lowest BCUT2D eigenvalue weighted by atomic mass is 9.86. The molecule has 3 nitrogen and oxygen atoms in total. The standard InChI is InChI=1S/C15H23NO2S/c1-15(11-17)9-3-4-14(15)16-10-12-5-7-13(8-6-12)19(2)18/h5-8,14,16-17H,3-4,9-11H2,1-2H3. The first-order chi connectivity index (χ1) is 9.05. The Morgan fingerprint density at radius 1 is 1.42 bits per heavy atom. The van der Waals surface area contributed by atoms with Crippen molar-refractivity contribution in [3.8, 4) is 0 Å². The van der Waals surface area contributed by atoms with Crippen LogP contribution in [0.2, 0.25) is 0 Å². The van der Waals surface area contributed by atoms with E-state index in [1.807, 2.05) is 24.3 Å². The molecule has 0 heterocycles. The van der Waals surface area contributed by atoms with E-state index in [9.17, 15) is 9.32 Å². The van der Waals surface area contributed by atoms with Crippen LogP contribution in [0, 0.1) is 5.41 Å². The van der Waals surface area contributed by atoms with Crippen LogP contribution in [0.3, 0.4) is 0 Å². The topological polar surface area (TPSA) is 49.3 Å². The van der Waals surface area contributed by atoms with E-state index in [0.29, 0.717) is 6.04 Å². The van der Waals surface area contributed by atoms with Crippen molar-refractivity contribution in [3.63, 3.8) is 0 Å². The van der Waals surface area contributed by atoms with Crippen LogP contribution < -0.4 is 5.32 Å². The van der Waals surface area contributed by atoms with Gasteiger partial charge in [-0.25, -0.2) is 0 Å². The van der Waals surface area contributed by atoms with E-state index in [1.165, 1.54) is 12.0 Å². The molecule has 106 valence electrons. The van der Waals surface area contributed by atoms with Crippen molar-refractivity contribution in [3.05, 3.63) is 29.8 Å². The fourth-order valence-corrected chi connectivity index (χ4v) is 3.33. The number of hydrogen-bond donors (Lipinski definition) is 2. The number of nitrogens with one attached hydrogen (secondary N) is 1. The van der Waals surface area contributed by atoms with Crippen molar-refractivity contribution >= 4 is 10.8 Å². The van der Waals surface area contributed by atoms with Gasteiger partial charge in [0, 0.05) is 46.6 Å². The molecule has 0 radical (unpaired) electrons. The van der Waals surface area contributed by atoms with Crippen LogP contribution >= 0.6 is 0 Å². The summed E-state index contributed by atoms with van der Waals surface area (Å²) in [5.74, 6) is 0. The SMILES string of the molecule is CS(=O)c1ccc(CNC2CCCC2(C)CO)cc1. The van der Waals surface area contributed by atoms with Crippen molar-refractivity contribution < 1.29 is 9.32 Å². The molecule has 0 bridgehead atoms. The number of aliphatic hydroxyl groups excluding tert-OH is 1. The normalized spacial score (nSPS) is 28.5. The van der Waals surface area contributed by atoms with Gasteiger partial charge in [-0.15, -0.1) is 0 Å². The second-order valence-electron chi connectivity index (χ2n) is 5.74. The van der Waals surface area contributed by atoms with Gasteiger partial charge < -0.3 is 10.4 Å². The fraction of sp³-hybridized carbons (Fsp3) is 0.600. The molecule has 2 N–H and O–H groups in total. The molecule has 0 amide bonds. The predicted molar refractivity (Wildman–Crippen MR) is 78.4 cm³/mol. The molecule has 1 aromatic carbocycles. The number of rotatable bonds is 5. The molecule has 1 aliphatic carbocycles. The Bertz CT molecular complexity index is 446. The van der Waals surface area contributed by atoms with Gasteiger partial charge in [0.05, 0.1) is 0 Å². The highest BCUT2D eigenvalue weighted by Gasteiger charge is 2.37. The van der Waals surface area contributed by atoms with E-state index in [-0.39, 0.29) is 12.0 Å². The second-order valence-corrected chi connectivity index (χ2v) is 7.12. The van der Waals surface area contributed by atoms with Crippen LogP contribution in [0.4, 0.5) is 0 Å². The average molecular weight is 281 g/mol. The van der Waals surface area contributed by atoms with Crippen LogP contribution in [0.25, 0.3) is 0 Å². The quantitative estimate of drug-likeness (QED) is 0.868. The highest BCUT2D eigenvalue weighted by Crippen LogP contribution is 2.37. The monoisotopic (exact) mass is 281 g/mol. The van der Waals surface area contributed by atoms with E-state index in [2.05, 4.69) is 12.2 Å². The van der Waals surface area contributed by atoms with E-state index in [1.54, 1.807) is 6.26 Å². The van der Waals surface area contributed by atoms with Crippen LogP contribution in [-0.4, -0.2) is 28.2 Å². The van der Waals surface area contributed by atoms with E-state index >= 15 is 0 Å². The summed E-state index contributed by atoms with van der Waals surface area (Å²) < 4.78 is 11.3. The van der Waals surface area contributed by atoms with Gasteiger partial charge in [-0.2, -0.15) is 0 Å². The minimum absolute atomic E-state index is 0.0187. The molecule has 1 aliphatic rings. The first-order valence-corrected chi connectivity index (χ1v) is 8.37. The molecule has 0 saturated heterocycles. The first kappa shape index (κ1) is 14.7. The van der Waals surface area contributed by atoms with Crippen LogP contribution in [-0.2, 0) is 17.3 Å². The Morgan fingerprint density at radius 3 is 2.68 bits per heavy atom. The highest BCUT2D eigenvalue weighted by atomic mass is 32.2. The fourth-order valence-electron chi connectivity index (χ4n) is 2.81. The van der Waals surface area contributed by atoms with E-state index in [0.717, 1.165) is 24.3 Å². The molecule has 19 heavy (non-hydrogen) atoms. The maximum atomic E-state index is 11.3. The van der Waals surface area contributed by atoms with Gasteiger partial charge in [-0.05, 0) is 30.5 Å². The molecule has 4 heteroatoms. The molecule has 1 saturated carbocycles. The molecule has 1 aromatic rings. The average Bonchev–Trinajstić information content (AvgIpc) is 2.79. The van der Waals surface area contributed by atoms with Gasteiger partial charge in [0.15, 0.2) is 0 Å². The third-order valence-electron chi connectivity index (χ3n) is 4.25. The van der Waals surface area contributed by atoms with Crippen LogP contribution in [0.15, 0.2) is 29.2 Å². The summed E-state index contributed by atoms with van der Waals surface area (Å²) in [5.41, 5.74) is 1.21. The van der Waals surface area contributed by atoms with Crippen molar-refractivity contribution in [2.45, 2.75) is 43.7 Å². The summed E-state index contributed by atoms with van der Waals surface area (Å²) in [6, 6.07) is 8.28. The lowest BCUT2D eigenvalue weighted by Crippen LogP contribution is -2.41. The summed E-state index contributed by atoms with van der Waals surface area (Å²) >= 11 is 0. The highest BCUT2D eigenvalue weighted by molar-refractivity contribution is 7.84. The zero-order chi connectivity index (χ0) is 13.9. The summed E-state index contributed by atoms with van der Waals surface area (Å²) in [6.07, 6.45) is 5.10. The Labute approximate surface area is 117 Å². The lowest BCUT2D eigenvalue weighted by molar-refractivity contribution is 0.118.